The van der Waals surface area contributed by atoms with Crippen LogP contribution in [0, 0.1) is 0 Å². The Balaban J connectivity index is 4.85. The quantitative estimate of drug-likeness (QED) is 0.0541. The van der Waals surface area contributed by atoms with Crippen LogP contribution in [-0.2, 0) is 0 Å². The van der Waals surface area contributed by atoms with Crippen molar-refractivity contribution >= 4 is 0 Å². The van der Waals surface area contributed by atoms with Crippen LogP contribution in [0.4, 0.5) is 0 Å². The predicted molar refractivity (Wildman–Crippen MR) is 152 cm³/mol. The van der Waals surface area contributed by atoms with Gasteiger partial charge in [0.1, 0.15) is 0 Å². The Hall–Kier alpha value is -0.440. The summed E-state index contributed by atoms with van der Waals surface area (Å²) in [5.41, 5.74) is 23.1. The van der Waals surface area contributed by atoms with Gasteiger partial charge in [0.25, 0.3) is 0 Å². The number of hydrogen-bond donors (Lipinski definition) is 7. The Morgan fingerprint density at radius 2 is 0.800 bits per heavy atom. The fourth-order valence-corrected chi connectivity index (χ4v) is 4.01. The summed E-state index contributed by atoms with van der Waals surface area (Å²) in [6.07, 6.45) is 1.17. The highest BCUT2D eigenvalue weighted by molar-refractivity contribution is 4.71. The Morgan fingerprint density at radius 3 is 1.17 bits per heavy atom. The Labute approximate surface area is 216 Å². The molecule has 0 saturated carbocycles. The van der Waals surface area contributed by atoms with Crippen LogP contribution < -0.4 is 38.9 Å². The average molecular weight is 504 g/mol. The largest absolute Gasteiger partial charge is 0.329 e. The second-order valence-electron chi connectivity index (χ2n) is 9.12. The lowest BCUT2D eigenvalue weighted by atomic mass is 10.3. The molecule has 0 radical (unpaired) electrons. The first-order valence-electron chi connectivity index (χ1n) is 13.9. The second kappa shape index (κ2) is 26.6. The lowest BCUT2D eigenvalue weighted by Gasteiger charge is -2.31. The molecule has 0 aliphatic carbocycles. The van der Waals surface area contributed by atoms with Crippen LogP contribution in [0.25, 0.3) is 0 Å². The van der Waals surface area contributed by atoms with E-state index in [4.69, 9.17) is 22.9 Å². The van der Waals surface area contributed by atoms with E-state index in [1.807, 2.05) is 7.05 Å². The van der Waals surface area contributed by atoms with Crippen molar-refractivity contribution in [1.82, 2.24) is 35.6 Å². The molecule has 35 heavy (non-hydrogen) atoms. The molecule has 0 aromatic rings. The lowest BCUT2D eigenvalue weighted by Crippen LogP contribution is -2.46. The van der Waals surface area contributed by atoms with Gasteiger partial charge in [-0.3, -0.25) is 19.6 Å². The molecule has 0 spiro atoms. The van der Waals surface area contributed by atoms with Crippen molar-refractivity contribution in [3.8, 4) is 0 Å². The molecule has 0 aromatic heterocycles. The second-order valence-corrected chi connectivity index (χ2v) is 9.12. The van der Waals surface area contributed by atoms with Gasteiger partial charge in [0.05, 0.1) is 0 Å². The molecule has 212 valence electrons. The van der Waals surface area contributed by atoms with E-state index in [9.17, 15) is 0 Å². The first kappa shape index (κ1) is 34.6. The summed E-state index contributed by atoms with van der Waals surface area (Å²) in [4.78, 5) is 10.00. The van der Waals surface area contributed by atoms with E-state index in [0.29, 0.717) is 26.2 Å². The standard InChI is InChI=1S/C24H61N11/c1-3-8-30-11-17-33(15-7-28)20-22-35(18-12-31-9-4-25)24-23-34(16-10-29-2)21-19-32(13-5-26)14-6-27/h29-31H,3-28H2,1-2H3. The molecular formula is C24H61N11. The average Bonchev–Trinajstić information content (AvgIpc) is 2.86. The van der Waals surface area contributed by atoms with E-state index in [0.717, 1.165) is 111 Å². The minimum atomic E-state index is 0.674. The number of nitrogens with zero attached hydrogens (tertiary/aromatic N) is 4. The van der Waals surface area contributed by atoms with Gasteiger partial charge >= 0.3 is 0 Å². The molecule has 11 heteroatoms. The first-order chi connectivity index (χ1) is 17.1. The van der Waals surface area contributed by atoms with Gasteiger partial charge in [-0.1, -0.05) is 6.92 Å². The molecule has 0 saturated heterocycles. The highest BCUT2D eigenvalue weighted by atomic mass is 15.2. The van der Waals surface area contributed by atoms with Gasteiger partial charge in [-0.15, -0.1) is 0 Å². The molecule has 0 aliphatic rings. The third-order valence-electron chi connectivity index (χ3n) is 6.17. The Morgan fingerprint density at radius 1 is 0.429 bits per heavy atom. The molecule has 0 fully saturated rings. The number of likely N-dealkylation sites (N-methyl/N-ethyl adjacent to an activating group) is 1. The van der Waals surface area contributed by atoms with Crippen molar-refractivity contribution < 1.29 is 0 Å². The van der Waals surface area contributed by atoms with Gasteiger partial charge < -0.3 is 38.9 Å². The van der Waals surface area contributed by atoms with Gasteiger partial charge in [0, 0.05) is 131 Å². The number of hydrogen-bond acceptors (Lipinski definition) is 11. The SMILES string of the molecule is CCCNCCN(CCN)CCN(CCNCCN)CCN(CCNC)CCN(CCN)CCN. The third-order valence-corrected chi connectivity index (χ3v) is 6.17. The number of nitrogens with one attached hydrogen (secondary N) is 3. The van der Waals surface area contributed by atoms with Crippen molar-refractivity contribution in [2.45, 2.75) is 13.3 Å². The molecule has 0 unspecified atom stereocenters. The van der Waals surface area contributed by atoms with Gasteiger partial charge in [-0.2, -0.15) is 0 Å². The van der Waals surface area contributed by atoms with Crippen LogP contribution in [0.1, 0.15) is 13.3 Å². The molecule has 0 amide bonds. The smallest absolute Gasteiger partial charge is 0.0110 e. The third kappa shape index (κ3) is 21.4. The molecule has 0 heterocycles. The van der Waals surface area contributed by atoms with Gasteiger partial charge in [-0.25, -0.2) is 0 Å². The van der Waals surface area contributed by atoms with Crippen molar-refractivity contribution in [2.75, 3.05) is 144 Å². The normalized spacial score (nSPS) is 12.2. The predicted octanol–water partition coefficient (Wildman–Crippen LogP) is -3.16. The molecule has 0 aliphatic heterocycles. The number of nitrogens with two attached hydrogens (primary N) is 4. The van der Waals surface area contributed by atoms with E-state index in [-0.39, 0.29) is 0 Å². The van der Waals surface area contributed by atoms with Crippen molar-refractivity contribution in [1.29, 1.82) is 0 Å². The van der Waals surface area contributed by atoms with Crippen molar-refractivity contribution in [2.24, 2.45) is 22.9 Å². The first-order valence-corrected chi connectivity index (χ1v) is 13.9. The molecule has 11 nitrogen and oxygen atoms in total. The molecular weight excluding hydrogens is 442 g/mol. The maximum Gasteiger partial charge on any atom is 0.0110 e. The summed E-state index contributed by atoms with van der Waals surface area (Å²) in [6.45, 7) is 21.9. The van der Waals surface area contributed by atoms with Crippen LogP contribution >= 0.6 is 0 Å². The summed E-state index contributed by atoms with van der Waals surface area (Å²) in [5.74, 6) is 0. The highest BCUT2D eigenvalue weighted by Gasteiger charge is 2.13. The summed E-state index contributed by atoms with van der Waals surface area (Å²) >= 11 is 0. The molecule has 0 atom stereocenters. The molecule has 0 rings (SSSR count). The zero-order chi connectivity index (χ0) is 26.0. The Bertz CT molecular complexity index is 411. The van der Waals surface area contributed by atoms with E-state index >= 15 is 0 Å². The minimum absolute atomic E-state index is 0.674. The summed E-state index contributed by atoms with van der Waals surface area (Å²) < 4.78 is 0. The summed E-state index contributed by atoms with van der Waals surface area (Å²) in [6, 6.07) is 0. The van der Waals surface area contributed by atoms with Crippen LogP contribution in [0.5, 0.6) is 0 Å². The van der Waals surface area contributed by atoms with E-state index < -0.39 is 0 Å². The topological polar surface area (TPSA) is 153 Å². The van der Waals surface area contributed by atoms with Crippen LogP contribution in [0.15, 0.2) is 0 Å². The van der Waals surface area contributed by atoms with Crippen molar-refractivity contribution in [3.05, 3.63) is 0 Å². The lowest BCUT2D eigenvalue weighted by molar-refractivity contribution is 0.164. The van der Waals surface area contributed by atoms with Gasteiger partial charge in [0.15, 0.2) is 0 Å². The zero-order valence-corrected chi connectivity index (χ0v) is 23.2. The molecule has 0 aromatic carbocycles. The Kier molecular flexibility index (Phi) is 26.3. The molecule has 0 bridgehead atoms. The number of rotatable bonds is 28. The van der Waals surface area contributed by atoms with Crippen LogP contribution in [0.2, 0.25) is 0 Å². The van der Waals surface area contributed by atoms with Gasteiger partial charge in [-0.05, 0) is 20.0 Å². The van der Waals surface area contributed by atoms with Crippen molar-refractivity contribution in [3.63, 3.8) is 0 Å². The monoisotopic (exact) mass is 504 g/mol. The fraction of sp³-hybridized carbons (Fsp3) is 1.00. The zero-order valence-electron chi connectivity index (χ0n) is 23.2. The summed E-state index contributed by atoms with van der Waals surface area (Å²) in [5, 5.41) is 10.3. The fourth-order valence-electron chi connectivity index (χ4n) is 4.01. The van der Waals surface area contributed by atoms with Crippen LogP contribution in [-0.4, -0.2) is 164 Å². The van der Waals surface area contributed by atoms with Gasteiger partial charge in [0.2, 0.25) is 0 Å². The van der Waals surface area contributed by atoms with E-state index in [1.165, 1.54) is 6.42 Å². The maximum absolute atomic E-state index is 5.90. The van der Waals surface area contributed by atoms with Crippen LogP contribution in [0.3, 0.4) is 0 Å². The maximum atomic E-state index is 5.90. The van der Waals surface area contributed by atoms with E-state index in [1.54, 1.807) is 0 Å². The highest BCUT2D eigenvalue weighted by Crippen LogP contribution is 1.97. The van der Waals surface area contributed by atoms with E-state index in [2.05, 4.69) is 42.5 Å². The molecule has 11 N–H and O–H groups in total. The minimum Gasteiger partial charge on any atom is -0.329 e. The summed E-state index contributed by atoms with van der Waals surface area (Å²) in [7, 11) is 2.02.